The summed E-state index contributed by atoms with van der Waals surface area (Å²) in [6, 6.07) is 8.65. The molecule has 96 valence electrons. The fraction of sp³-hybridized carbons (Fsp3) is 0.286. The summed E-state index contributed by atoms with van der Waals surface area (Å²) < 4.78 is 5.01. The van der Waals surface area contributed by atoms with Crippen LogP contribution in [-0.2, 0) is 16.1 Å². The Hall–Kier alpha value is -2.10. The Morgan fingerprint density at radius 2 is 2.06 bits per heavy atom. The first kappa shape index (κ1) is 14.0. The summed E-state index contributed by atoms with van der Waals surface area (Å²) in [6.45, 7) is 5.42. The van der Waals surface area contributed by atoms with Gasteiger partial charge < -0.3 is 10.1 Å². The minimum Gasteiger partial charge on any atom is -0.445 e. The van der Waals surface area contributed by atoms with Crippen LogP contribution in [0.15, 0.2) is 43.0 Å². The van der Waals surface area contributed by atoms with Gasteiger partial charge >= 0.3 is 6.09 Å². The molecule has 18 heavy (non-hydrogen) atoms. The summed E-state index contributed by atoms with van der Waals surface area (Å²) in [6.07, 6.45) is 1.12. The van der Waals surface area contributed by atoms with E-state index >= 15 is 0 Å². The van der Waals surface area contributed by atoms with Crippen molar-refractivity contribution in [3.05, 3.63) is 48.6 Å². The molecule has 0 fully saturated rings. The van der Waals surface area contributed by atoms with Crippen molar-refractivity contribution < 1.29 is 14.3 Å². The maximum absolute atomic E-state index is 11.5. The van der Waals surface area contributed by atoms with E-state index in [2.05, 4.69) is 11.9 Å². The topological polar surface area (TPSA) is 55.4 Å². The molecule has 1 aromatic rings. The van der Waals surface area contributed by atoms with Crippen LogP contribution >= 0.6 is 0 Å². The number of hydrogen-bond acceptors (Lipinski definition) is 3. The molecule has 1 atom stereocenters. The van der Waals surface area contributed by atoms with E-state index in [1.807, 2.05) is 30.3 Å². The van der Waals surface area contributed by atoms with Crippen molar-refractivity contribution in [3.8, 4) is 0 Å². The van der Waals surface area contributed by atoms with Crippen LogP contribution in [0.2, 0.25) is 0 Å². The van der Waals surface area contributed by atoms with Gasteiger partial charge in [-0.2, -0.15) is 0 Å². The van der Waals surface area contributed by atoms with Crippen molar-refractivity contribution in [1.29, 1.82) is 0 Å². The first-order valence-corrected chi connectivity index (χ1v) is 5.79. The predicted octanol–water partition coefficient (Wildman–Crippen LogP) is 2.45. The van der Waals surface area contributed by atoms with Crippen molar-refractivity contribution in [2.45, 2.75) is 26.0 Å². The number of ketones is 1. The molecule has 1 amide bonds. The Kier molecular flexibility index (Phi) is 5.64. The highest BCUT2D eigenvalue weighted by molar-refractivity contribution is 5.88. The molecule has 0 bridgehead atoms. The van der Waals surface area contributed by atoms with Gasteiger partial charge in [0.05, 0.1) is 0 Å². The van der Waals surface area contributed by atoms with E-state index in [-0.39, 0.29) is 12.4 Å². The third-order valence-corrected chi connectivity index (χ3v) is 2.42. The lowest BCUT2D eigenvalue weighted by Crippen LogP contribution is -2.39. The van der Waals surface area contributed by atoms with Crippen LogP contribution in [0.4, 0.5) is 4.79 Å². The van der Waals surface area contributed by atoms with Crippen LogP contribution in [0.3, 0.4) is 0 Å². The number of ether oxygens (including phenoxy) is 1. The number of carbonyl (C=O) groups excluding carboxylic acids is 2. The van der Waals surface area contributed by atoms with Gasteiger partial charge in [0.15, 0.2) is 5.78 Å². The first-order chi connectivity index (χ1) is 8.67. The SMILES string of the molecule is C=C[C@H](NC(=O)OCc1ccccc1)C(=O)CC. The Labute approximate surface area is 107 Å². The Balaban J connectivity index is 2.42. The minimum atomic E-state index is -0.682. The maximum Gasteiger partial charge on any atom is 0.408 e. The van der Waals surface area contributed by atoms with E-state index in [0.29, 0.717) is 6.42 Å². The number of Topliss-reactive ketones (excluding diaryl/α,β-unsaturated/α-hetero) is 1. The third kappa shape index (κ3) is 4.41. The molecule has 1 aromatic carbocycles. The van der Waals surface area contributed by atoms with E-state index in [9.17, 15) is 9.59 Å². The monoisotopic (exact) mass is 247 g/mol. The van der Waals surface area contributed by atoms with Crippen molar-refractivity contribution in [3.63, 3.8) is 0 Å². The van der Waals surface area contributed by atoms with Crippen molar-refractivity contribution in [2.24, 2.45) is 0 Å². The standard InChI is InChI=1S/C14H17NO3/c1-3-12(13(16)4-2)15-14(17)18-10-11-8-6-5-7-9-11/h3,5-9,12H,1,4,10H2,2H3,(H,15,17)/t12-/m0/s1. The van der Waals surface area contributed by atoms with E-state index in [4.69, 9.17) is 4.74 Å². The lowest BCUT2D eigenvalue weighted by molar-refractivity contribution is -0.119. The van der Waals surface area contributed by atoms with Gasteiger partial charge in [-0.15, -0.1) is 6.58 Å². The average Bonchev–Trinajstić information content (AvgIpc) is 2.42. The molecule has 1 N–H and O–H groups in total. The molecule has 0 aromatic heterocycles. The second kappa shape index (κ2) is 7.27. The van der Waals surface area contributed by atoms with Crippen LogP contribution in [0, 0.1) is 0 Å². The van der Waals surface area contributed by atoms with Crippen LogP contribution < -0.4 is 5.32 Å². The summed E-state index contributed by atoms with van der Waals surface area (Å²) in [5.41, 5.74) is 0.893. The number of amides is 1. The van der Waals surface area contributed by atoms with E-state index in [1.54, 1.807) is 6.92 Å². The van der Waals surface area contributed by atoms with Crippen LogP contribution in [-0.4, -0.2) is 17.9 Å². The molecular weight excluding hydrogens is 230 g/mol. The lowest BCUT2D eigenvalue weighted by Gasteiger charge is -2.12. The number of rotatable bonds is 6. The normalized spacial score (nSPS) is 11.4. The largest absolute Gasteiger partial charge is 0.445 e. The molecule has 0 spiro atoms. The van der Waals surface area contributed by atoms with Crippen LogP contribution in [0.5, 0.6) is 0 Å². The maximum atomic E-state index is 11.5. The zero-order chi connectivity index (χ0) is 13.4. The van der Waals surface area contributed by atoms with Gasteiger partial charge in [-0.3, -0.25) is 4.79 Å². The number of hydrogen-bond donors (Lipinski definition) is 1. The highest BCUT2D eigenvalue weighted by atomic mass is 16.5. The van der Waals surface area contributed by atoms with Gasteiger partial charge in [0.2, 0.25) is 0 Å². The summed E-state index contributed by atoms with van der Waals surface area (Å²) in [5.74, 6) is -0.0957. The third-order valence-electron chi connectivity index (χ3n) is 2.42. The molecule has 0 heterocycles. The van der Waals surface area contributed by atoms with Crippen molar-refractivity contribution >= 4 is 11.9 Å². The highest BCUT2D eigenvalue weighted by Gasteiger charge is 2.15. The van der Waals surface area contributed by atoms with Crippen molar-refractivity contribution in [1.82, 2.24) is 5.32 Å². The first-order valence-electron chi connectivity index (χ1n) is 5.79. The van der Waals surface area contributed by atoms with Gasteiger partial charge in [-0.05, 0) is 5.56 Å². The van der Waals surface area contributed by atoms with Gasteiger partial charge in [-0.25, -0.2) is 4.79 Å². The molecule has 0 aliphatic rings. The summed E-state index contributed by atoms with van der Waals surface area (Å²) in [7, 11) is 0. The second-order valence-corrected chi connectivity index (χ2v) is 3.74. The second-order valence-electron chi connectivity index (χ2n) is 3.74. The van der Waals surface area contributed by atoms with Crippen molar-refractivity contribution in [2.75, 3.05) is 0 Å². The molecule has 0 radical (unpaired) electrons. The Morgan fingerprint density at radius 3 is 2.61 bits per heavy atom. The predicted molar refractivity (Wildman–Crippen MR) is 69.0 cm³/mol. The summed E-state index contributed by atoms with van der Waals surface area (Å²) >= 11 is 0. The molecule has 0 unspecified atom stereocenters. The summed E-state index contributed by atoms with van der Waals surface area (Å²) in [4.78, 5) is 22.9. The van der Waals surface area contributed by atoms with E-state index < -0.39 is 12.1 Å². The molecular formula is C14H17NO3. The number of carbonyl (C=O) groups is 2. The minimum absolute atomic E-state index is 0.0957. The fourth-order valence-electron chi connectivity index (χ4n) is 1.38. The van der Waals surface area contributed by atoms with E-state index in [1.165, 1.54) is 6.08 Å². The number of benzene rings is 1. The number of alkyl carbamates (subject to hydrolysis) is 1. The summed E-state index contributed by atoms with van der Waals surface area (Å²) in [5, 5.41) is 2.46. The zero-order valence-electron chi connectivity index (χ0n) is 10.4. The van der Waals surface area contributed by atoms with Gasteiger partial charge in [0.1, 0.15) is 12.6 Å². The van der Waals surface area contributed by atoms with Gasteiger partial charge in [0, 0.05) is 6.42 Å². The van der Waals surface area contributed by atoms with Crippen LogP contribution in [0.25, 0.3) is 0 Å². The Morgan fingerprint density at radius 1 is 1.39 bits per heavy atom. The Bertz CT molecular complexity index is 414. The number of nitrogens with one attached hydrogen (secondary N) is 1. The quantitative estimate of drug-likeness (QED) is 0.785. The zero-order valence-corrected chi connectivity index (χ0v) is 10.4. The molecule has 1 rings (SSSR count). The molecule has 0 aliphatic heterocycles. The van der Waals surface area contributed by atoms with Gasteiger partial charge in [-0.1, -0.05) is 43.3 Å². The smallest absolute Gasteiger partial charge is 0.408 e. The van der Waals surface area contributed by atoms with Gasteiger partial charge in [0.25, 0.3) is 0 Å². The fourth-order valence-corrected chi connectivity index (χ4v) is 1.38. The molecule has 0 saturated heterocycles. The molecule has 4 heteroatoms. The lowest BCUT2D eigenvalue weighted by atomic mass is 10.1. The van der Waals surface area contributed by atoms with E-state index in [0.717, 1.165) is 5.56 Å². The highest BCUT2D eigenvalue weighted by Crippen LogP contribution is 2.01. The molecule has 4 nitrogen and oxygen atoms in total. The average molecular weight is 247 g/mol. The molecule has 0 aliphatic carbocycles. The molecule has 0 saturated carbocycles. The van der Waals surface area contributed by atoms with Crippen LogP contribution in [0.1, 0.15) is 18.9 Å².